The quantitative estimate of drug-likeness (QED) is 0.505. The van der Waals surface area contributed by atoms with Gasteiger partial charge in [-0.05, 0) is 46.3 Å². The van der Waals surface area contributed by atoms with E-state index >= 15 is 0 Å². The Morgan fingerprint density at radius 1 is 1.44 bits per heavy atom. The van der Waals surface area contributed by atoms with E-state index in [2.05, 4.69) is 10.2 Å². The molecule has 0 heterocycles. The number of amides is 1. The Balaban J connectivity index is 2.14. The number of carbonyl (C=O) groups excluding carboxylic acids is 1. The van der Waals surface area contributed by atoms with Crippen molar-refractivity contribution in [2.24, 2.45) is 11.1 Å². The summed E-state index contributed by atoms with van der Waals surface area (Å²) < 4.78 is 0. The zero-order chi connectivity index (χ0) is 12.2. The molecule has 0 saturated heterocycles. The van der Waals surface area contributed by atoms with E-state index in [0.717, 1.165) is 38.8 Å². The van der Waals surface area contributed by atoms with Crippen LogP contribution in [-0.2, 0) is 4.79 Å². The Hall–Kier alpha value is -0.680. The summed E-state index contributed by atoms with van der Waals surface area (Å²) in [5.74, 6) is 0.0184. The van der Waals surface area contributed by atoms with E-state index < -0.39 is 5.41 Å². The zero-order valence-electron chi connectivity index (χ0n) is 10.1. The second-order valence-corrected chi connectivity index (χ2v) is 5.15. The van der Waals surface area contributed by atoms with Crippen molar-refractivity contribution in [2.75, 3.05) is 27.2 Å². The van der Waals surface area contributed by atoms with Gasteiger partial charge < -0.3 is 16.0 Å². The molecule has 0 atom stereocenters. The summed E-state index contributed by atoms with van der Waals surface area (Å²) in [6, 6.07) is 0. The molecule has 1 rings (SSSR count). The molecule has 1 aliphatic carbocycles. The fraction of sp³-hybridized carbons (Fsp3) is 0.818. The third-order valence-electron chi connectivity index (χ3n) is 2.97. The van der Waals surface area contributed by atoms with Gasteiger partial charge in [0.05, 0.1) is 10.4 Å². The van der Waals surface area contributed by atoms with Crippen molar-refractivity contribution >= 4 is 23.1 Å². The minimum atomic E-state index is -0.503. The van der Waals surface area contributed by atoms with Crippen LogP contribution in [0.1, 0.15) is 25.7 Å². The van der Waals surface area contributed by atoms with Crippen molar-refractivity contribution in [1.82, 2.24) is 10.2 Å². The SMILES string of the molecule is CN(C)CCCCNC(=O)C1(C(N)=S)CC1. The van der Waals surface area contributed by atoms with Crippen LogP contribution >= 0.6 is 12.2 Å². The molecule has 0 aliphatic heterocycles. The number of nitrogens with zero attached hydrogens (tertiary/aromatic N) is 1. The van der Waals surface area contributed by atoms with Crippen LogP contribution in [0.2, 0.25) is 0 Å². The van der Waals surface area contributed by atoms with Gasteiger partial charge >= 0.3 is 0 Å². The molecule has 92 valence electrons. The summed E-state index contributed by atoms with van der Waals surface area (Å²) in [5, 5.41) is 2.92. The topological polar surface area (TPSA) is 58.4 Å². The lowest BCUT2D eigenvalue weighted by Gasteiger charge is -2.14. The highest BCUT2D eigenvalue weighted by Crippen LogP contribution is 2.46. The van der Waals surface area contributed by atoms with Crippen molar-refractivity contribution in [1.29, 1.82) is 0 Å². The predicted molar refractivity (Wildman–Crippen MR) is 69.3 cm³/mol. The van der Waals surface area contributed by atoms with Gasteiger partial charge in [-0.1, -0.05) is 12.2 Å². The summed E-state index contributed by atoms with van der Waals surface area (Å²) in [6.07, 6.45) is 3.71. The number of hydrogen-bond donors (Lipinski definition) is 2. The molecule has 16 heavy (non-hydrogen) atoms. The maximum Gasteiger partial charge on any atom is 0.233 e. The van der Waals surface area contributed by atoms with Crippen LogP contribution in [0.25, 0.3) is 0 Å². The van der Waals surface area contributed by atoms with E-state index in [4.69, 9.17) is 18.0 Å². The zero-order valence-corrected chi connectivity index (χ0v) is 10.9. The fourth-order valence-electron chi connectivity index (χ4n) is 1.63. The summed E-state index contributed by atoms with van der Waals surface area (Å²) in [5.41, 5.74) is 5.06. The molecule has 4 nitrogen and oxygen atoms in total. The molecule has 1 amide bonds. The number of hydrogen-bond acceptors (Lipinski definition) is 3. The molecule has 0 aromatic carbocycles. The number of nitrogens with two attached hydrogens (primary N) is 1. The Bertz CT molecular complexity index is 274. The normalized spacial score (nSPS) is 17.2. The van der Waals surface area contributed by atoms with Gasteiger partial charge in [-0.15, -0.1) is 0 Å². The number of nitrogens with one attached hydrogen (secondary N) is 1. The van der Waals surface area contributed by atoms with Crippen LogP contribution in [0.4, 0.5) is 0 Å². The maximum absolute atomic E-state index is 11.8. The highest BCUT2D eigenvalue weighted by Gasteiger charge is 2.52. The molecule has 5 heteroatoms. The number of thiocarbonyl (C=S) groups is 1. The fourth-order valence-corrected chi connectivity index (χ4v) is 1.93. The molecule has 0 unspecified atom stereocenters. The predicted octanol–water partition coefficient (Wildman–Crippen LogP) is 0.511. The number of rotatable bonds is 7. The lowest BCUT2D eigenvalue weighted by molar-refractivity contribution is -0.124. The largest absolute Gasteiger partial charge is 0.392 e. The molecular weight excluding hydrogens is 222 g/mol. The van der Waals surface area contributed by atoms with Gasteiger partial charge in [-0.25, -0.2) is 0 Å². The van der Waals surface area contributed by atoms with Crippen molar-refractivity contribution in [3.05, 3.63) is 0 Å². The van der Waals surface area contributed by atoms with Crippen LogP contribution in [0, 0.1) is 5.41 Å². The van der Waals surface area contributed by atoms with E-state index in [9.17, 15) is 4.79 Å². The monoisotopic (exact) mass is 243 g/mol. The Morgan fingerprint density at radius 3 is 2.50 bits per heavy atom. The van der Waals surface area contributed by atoms with Gasteiger partial charge in [-0.3, -0.25) is 4.79 Å². The number of unbranched alkanes of at least 4 members (excludes halogenated alkanes) is 1. The second-order valence-electron chi connectivity index (χ2n) is 4.71. The molecule has 0 radical (unpaired) electrons. The van der Waals surface area contributed by atoms with E-state index in [1.807, 2.05) is 14.1 Å². The Kier molecular flexibility index (Phi) is 4.68. The average molecular weight is 243 g/mol. The van der Waals surface area contributed by atoms with Crippen LogP contribution in [0.15, 0.2) is 0 Å². The third kappa shape index (κ3) is 3.42. The van der Waals surface area contributed by atoms with Gasteiger partial charge in [0.2, 0.25) is 5.91 Å². The van der Waals surface area contributed by atoms with Gasteiger partial charge in [0, 0.05) is 6.54 Å². The van der Waals surface area contributed by atoms with Crippen molar-refractivity contribution in [3.8, 4) is 0 Å². The summed E-state index contributed by atoms with van der Waals surface area (Å²) in [7, 11) is 4.09. The number of carbonyl (C=O) groups is 1. The van der Waals surface area contributed by atoms with Crippen molar-refractivity contribution in [3.63, 3.8) is 0 Å². The van der Waals surface area contributed by atoms with E-state index in [1.165, 1.54) is 0 Å². The van der Waals surface area contributed by atoms with Gasteiger partial charge in [0.25, 0.3) is 0 Å². The van der Waals surface area contributed by atoms with Crippen LogP contribution < -0.4 is 11.1 Å². The molecular formula is C11H21N3OS. The average Bonchev–Trinajstić information content (AvgIpc) is 2.96. The standard InChI is InChI=1S/C11H21N3OS/c1-14(2)8-4-3-7-13-10(15)11(5-6-11)9(12)16/h3-8H2,1-2H3,(H2,12,16)(H,13,15). The van der Waals surface area contributed by atoms with Gasteiger partial charge in [0.1, 0.15) is 0 Å². The lowest BCUT2D eigenvalue weighted by atomic mass is 10.1. The Labute approximate surface area is 103 Å². The van der Waals surface area contributed by atoms with Crippen molar-refractivity contribution in [2.45, 2.75) is 25.7 Å². The van der Waals surface area contributed by atoms with Crippen LogP contribution in [0.3, 0.4) is 0 Å². The molecule has 0 spiro atoms. The molecule has 1 saturated carbocycles. The molecule has 0 bridgehead atoms. The van der Waals surface area contributed by atoms with Crippen LogP contribution in [-0.4, -0.2) is 43.0 Å². The maximum atomic E-state index is 11.8. The molecule has 3 N–H and O–H groups in total. The molecule has 1 aliphatic rings. The molecule has 1 fully saturated rings. The first-order valence-electron chi connectivity index (χ1n) is 5.72. The lowest BCUT2D eigenvalue weighted by Crippen LogP contribution is -2.40. The smallest absolute Gasteiger partial charge is 0.233 e. The molecule has 0 aromatic rings. The van der Waals surface area contributed by atoms with Gasteiger partial charge in [0.15, 0.2) is 0 Å². The van der Waals surface area contributed by atoms with E-state index in [-0.39, 0.29) is 5.91 Å². The third-order valence-corrected chi connectivity index (χ3v) is 3.36. The van der Waals surface area contributed by atoms with Crippen LogP contribution in [0.5, 0.6) is 0 Å². The first-order chi connectivity index (χ1) is 7.49. The minimum absolute atomic E-state index is 0.0184. The summed E-state index contributed by atoms with van der Waals surface area (Å²) in [6.45, 7) is 1.77. The summed E-state index contributed by atoms with van der Waals surface area (Å²) in [4.78, 5) is 14.3. The molecule has 0 aromatic heterocycles. The Morgan fingerprint density at radius 2 is 2.06 bits per heavy atom. The highest BCUT2D eigenvalue weighted by molar-refractivity contribution is 7.80. The highest BCUT2D eigenvalue weighted by atomic mass is 32.1. The second kappa shape index (κ2) is 5.59. The summed E-state index contributed by atoms with van der Waals surface area (Å²) >= 11 is 4.92. The first kappa shape index (κ1) is 13.4. The van der Waals surface area contributed by atoms with Gasteiger partial charge in [-0.2, -0.15) is 0 Å². The van der Waals surface area contributed by atoms with E-state index in [1.54, 1.807) is 0 Å². The first-order valence-corrected chi connectivity index (χ1v) is 6.13. The van der Waals surface area contributed by atoms with Crippen molar-refractivity contribution < 1.29 is 4.79 Å². The van der Waals surface area contributed by atoms with E-state index in [0.29, 0.717) is 4.99 Å². The minimum Gasteiger partial charge on any atom is -0.392 e.